The van der Waals surface area contributed by atoms with E-state index in [0.717, 1.165) is 5.56 Å². The van der Waals surface area contributed by atoms with Crippen molar-refractivity contribution in [3.05, 3.63) is 30.0 Å². The van der Waals surface area contributed by atoms with Crippen LogP contribution in [0.4, 0.5) is 0 Å². The zero-order valence-electron chi connectivity index (χ0n) is 10.5. The Morgan fingerprint density at radius 3 is 2.63 bits per heavy atom. The van der Waals surface area contributed by atoms with E-state index >= 15 is 0 Å². The summed E-state index contributed by atoms with van der Waals surface area (Å²) in [6.07, 6.45) is -0.194. The average molecular weight is 263 g/mol. The molecule has 0 aliphatic carbocycles. The number of hydrogen-bond acceptors (Lipinski definition) is 5. The molecule has 1 heterocycles. The lowest BCUT2D eigenvalue weighted by molar-refractivity contribution is -0.136. The first-order chi connectivity index (χ1) is 9.13. The van der Waals surface area contributed by atoms with Crippen molar-refractivity contribution in [1.29, 1.82) is 0 Å². The van der Waals surface area contributed by atoms with Gasteiger partial charge in [0.05, 0.1) is 14.2 Å². The van der Waals surface area contributed by atoms with Crippen LogP contribution in [-0.2, 0) is 11.2 Å². The molecule has 2 rings (SSSR count). The highest BCUT2D eigenvalue weighted by Gasteiger charge is 2.12. The van der Waals surface area contributed by atoms with Gasteiger partial charge in [0.25, 0.3) is 0 Å². The summed E-state index contributed by atoms with van der Waals surface area (Å²) >= 11 is 0. The summed E-state index contributed by atoms with van der Waals surface area (Å²) < 4.78 is 15.3. The SMILES string of the molecule is COc1ccc(-c2cc(CC(=O)O)on2)cc1OC. The molecule has 6 heteroatoms. The number of hydrogen-bond donors (Lipinski definition) is 1. The second-order valence-electron chi connectivity index (χ2n) is 3.82. The molecular formula is C13H13NO5. The van der Waals surface area contributed by atoms with E-state index in [-0.39, 0.29) is 6.42 Å². The van der Waals surface area contributed by atoms with Gasteiger partial charge in [-0.3, -0.25) is 4.79 Å². The number of nitrogens with zero attached hydrogens (tertiary/aromatic N) is 1. The van der Waals surface area contributed by atoms with Gasteiger partial charge in [0.15, 0.2) is 11.5 Å². The van der Waals surface area contributed by atoms with Gasteiger partial charge in [0.2, 0.25) is 0 Å². The Morgan fingerprint density at radius 2 is 2.00 bits per heavy atom. The van der Waals surface area contributed by atoms with Gasteiger partial charge in [-0.15, -0.1) is 0 Å². The standard InChI is InChI=1S/C13H13NO5/c1-17-11-4-3-8(5-12(11)18-2)10-6-9(19-14-10)7-13(15)16/h3-6H,7H2,1-2H3,(H,15,16). The Morgan fingerprint density at radius 1 is 1.26 bits per heavy atom. The van der Waals surface area contributed by atoms with Crippen molar-refractivity contribution in [2.45, 2.75) is 6.42 Å². The minimum Gasteiger partial charge on any atom is -0.493 e. The van der Waals surface area contributed by atoms with Gasteiger partial charge in [0, 0.05) is 11.6 Å². The Hall–Kier alpha value is -2.50. The molecule has 2 aromatic rings. The Bertz CT molecular complexity index is 590. The lowest BCUT2D eigenvalue weighted by Crippen LogP contribution is -1.97. The fourth-order valence-electron chi connectivity index (χ4n) is 1.68. The number of aliphatic carboxylic acids is 1. The minimum atomic E-state index is -0.963. The number of benzene rings is 1. The maximum Gasteiger partial charge on any atom is 0.311 e. The highest BCUT2D eigenvalue weighted by Crippen LogP contribution is 2.31. The predicted octanol–water partition coefficient (Wildman–Crippen LogP) is 1.99. The molecule has 0 fully saturated rings. The molecule has 0 amide bonds. The Balaban J connectivity index is 2.31. The molecule has 0 saturated carbocycles. The molecule has 0 spiro atoms. The molecule has 0 bridgehead atoms. The maximum atomic E-state index is 10.6. The molecule has 0 aliphatic heterocycles. The number of ether oxygens (including phenoxy) is 2. The first-order valence-electron chi connectivity index (χ1n) is 5.54. The van der Waals surface area contributed by atoms with Crippen LogP contribution in [0.5, 0.6) is 11.5 Å². The van der Waals surface area contributed by atoms with Crippen molar-refractivity contribution in [2.75, 3.05) is 14.2 Å². The monoisotopic (exact) mass is 263 g/mol. The predicted molar refractivity (Wildman–Crippen MR) is 66.4 cm³/mol. The van der Waals surface area contributed by atoms with Crippen LogP contribution in [0.1, 0.15) is 5.76 Å². The van der Waals surface area contributed by atoms with E-state index in [4.69, 9.17) is 19.1 Å². The van der Waals surface area contributed by atoms with Crippen LogP contribution in [0.15, 0.2) is 28.8 Å². The molecule has 0 unspecified atom stereocenters. The van der Waals surface area contributed by atoms with Gasteiger partial charge < -0.3 is 19.1 Å². The molecule has 0 aliphatic rings. The third-order valence-electron chi connectivity index (χ3n) is 2.56. The highest BCUT2D eigenvalue weighted by atomic mass is 16.5. The zero-order chi connectivity index (χ0) is 13.8. The van der Waals surface area contributed by atoms with Crippen LogP contribution >= 0.6 is 0 Å². The van der Waals surface area contributed by atoms with E-state index in [0.29, 0.717) is 23.0 Å². The molecule has 0 atom stereocenters. The zero-order valence-corrected chi connectivity index (χ0v) is 10.5. The summed E-state index contributed by atoms with van der Waals surface area (Å²) in [5.41, 5.74) is 1.32. The molecule has 0 saturated heterocycles. The van der Waals surface area contributed by atoms with E-state index in [1.807, 2.05) is 0 Å². The summed E-state index contributed by atoms with van der Waals surface area (Å²) in [5.74, 6) is 0.524. The lowest BCUT2D eigenvalue weighted by atomic mass is 10.1. The van der Waals surface area contributed by atoms with Gasteiger partial charge in [0.1, 0.15) is 17.9 Å². The van der Waals surface area contributed by atoms with E-state index in [1.165, 1.54) is 0 Å². The molecule has 1 aromatic heterocycles. The van der Waals surface area contributed by atoms with Crippen LogP contribution in [-0.4, -0.2) is 30.5 Å². The van der Waals surface area contributed by atoms with Crippen molar-refractivity contribution in [2.24, 2.45) is 0 Å². The van der Waals surface area contributed by atoms with Crippen LogP contribution in [0.25, 0.3) is 11.3 Å². The summed E-state index contributed by atoms with van der Waals surface area (Å²) in [6.45, 7) is 0. The largest absolute Gasteiger partial charge is 0.493 e. The van der Waals surface area contributed by atoms with Gasteiger partial charge in [-0.1, -0.05) is 5.16 Å². The second-order valence-corrected chi connectivity index (χ2v) is 3.82. The van der Waals surface area contributed by atoms with E-state index < -0.39 is 5.97 Å². The van der Waals surface area contributed by atoms with Crippen LogP contribution in [0.3, 0.4) is 0 Å². The lowest BCUT2D eigenvalue weighted by Gasteiger charge is -2.07. The highest BCUT2D eigenvalue weighted by molar-refractivity contribution is 5.70. The molecular weight excluding hydrogens is 250 g/mol. The number of carboxylic acids is 1. The minimum absolute atomic E-state index is 0.194. The summed E-state index contributed by atoms with van der Waals surface area (Å²) in [4.78, 5) is 10.6. The van der Waals surface area contributed by atoms with Crippen molar-refractivity contribution >= 4 is 5.97 Å². The van der Waals surface area contributed by atoms with E-state index in [1.54, 1.807) is 38.5 Å². The normalized spacial score (nSPS) is 10.2. The molecule has 1 N–H and O–H groups in total. The van der Waals surface area contributed by atoms with Crippen molar-refractivity contribution in [3.8, 4) is 22.8 Å². The van der Waals surface area contributed by atoms with Crippen LogP contribution in [0.2, 0.25) is 0 Å². The first kappa shape index (κ1) is 12.9. The van der Waals surface area contributed by atoms with Gasteiger partial charge in [-0.25, -0.2) is 0 Å². The van der Waals surface area contributed by atoms with Crippen molar-refractivity contribution < 1.29 is 23.9 Å². The van der Waals surface area contributed by atoms with Crippen molar-refractivity contribution in [1.82, 2.24) is 5.16 Å². The molecule has 6 nitrogen and oxygen atoms in total. The Kier molecular flexibility index (Phi) is 3.70. The number of methoxy groups -OCH3 is 2. The topological polar surface area (TPSA) is 81.8 Å². The maximum absolute atomic E-state index is 10.6. The number of carboxylic acid groups (broad SMARTS) is 1. The molecule has 1 aromatic carbocycles. The smallest absolute Gasteiger partial charge is 0.311 e. The Labute approximate surface area is 109 Å². The van der Waals surface area contributed by atoms with Crippen LogP contribution in [0, 0.1) is 0 Å². The fourth-order valence-corrected chi connectivity index (χ4v) is 1.68. The molecule has 100 valence electrons. The summed E-state index contributed by atoms with van der Waals surface area (Å²) in [7, 11) is 3.10. The van der Waals surface area contributed by atoms with E-state index in [9.17, 15) is 4.79 Å². The number of aromatic nitrogens is 1. The van der Waals surface area contributed by atoms with E-state index in [2.05, 4.69) is 5.16 Å². The average Bonchev–Trinajstić information content (AvgIpc) is 2.85. The number of rotatable bonds is 5. The molecule has 0 radical (unpaired) electrons. The van der Waals surface area contributed by atoms with Crippen molar-refractivity contribution in [3.63, 3.8) is 0 Å². The second kappa shape index (κ2) is 5.43. The fraction of sp³-hybridized carbons (Fsp3) is 0.231. The van der Waals surface area contributed by atoms with Gasteiger partial charge >= 0.3 is 5.97 Å². The van der Waals surface area contributed by atoms with Gasteiger partial charge in [-0.2, -0.15) is 0 Å². The third kappa shape index (κ3) is 2.85. The number of carbonyl (C=O) groups is 1. The van der Waals surface area contributed by atoms with Crippen LogP contribution < -0.4 is 9.47 Å². The first-order valence-corrected chi connectivity index (χ1v) is 5.54. The summed E-state index contributed by atoms with van der Waals surface area (Å²) in [6, 6.07) is 6.89. The van der Waals surface area contributed by atoms with Gasteiger partial charge in [-0.05, 0) is 18.2 Å². The summed E-state index contributed by atoms with van der Waals surface area (Å²) in [5, 5.41) is 12.5. The molecule has 19 heavy (non-hydrogen) atoms. The third-order valence-corrected chi connectivity index (χ3v) is 2.56. The quantitative estimate of drug-likeness (QED) is 0.888.